The predicted octanol–water partition coefficient (Wildman–Crippen LogP) is 3.81. The van der Waals surface area contributed by atoms with Crippen molar-refractivity contribution in [2.45, 2.75) is 0 Å². The first-order chi connectivity index (χ1) is 13.7. The van der Waals surface area contributed by atoms with Crippen molar-refractivity contribution < 1.29 is 4.79 Å². The van der Waals surface area contributed by atoms with Crippen LogP contribution in [0.25, 0.3) is 0 Å². The largest absolute Gasteiger partial charge is 0.368 e. The van der Waals surface area contributed by atoms with E-state index in [2.05, 4.69) is 22.0 Å². The lowest BCUT2D eigenvalue weighted by Crippen LogP contribution is -2.48. The molecule has 142 valence electrons. The van der Waals surface area contributed by atoms with Crippen molar-refractivity contribution in [3.8, 4) is 0 Å². The lowest BCUT2D eigenvalue weighted by atomic mass is 10.2. The highest BCUT2D eigenvalue weighted by Crippen LogP contribution is 2.24. The molecule has 0 bridgehead atoms. The Hall–Kier alpha value is -3.34. The monoisotopic (exact) mass is 372 g/mol. The van der Waals surface area contributed by atoms with Crippen LogP contribution in [0, 0.1) is 0 Å². The van der Waals surface area contributed by atoms with Gasteiger partial charge < -0.3 is 14.7 Å². The van der Waals surface area contributed by atoms with Crippen LogP contribution in [0.5, 0.6) is 0 Å². The van der Waals surface area contributed by atoms with Gasteiger partial charge in [0.2, 0.25) is 0 Å². The maximum absolute atomic E-state index is 13.0. The Morgan fingerprint density at radius 2 is 1.50 bits per heavy atom. The molecule has 0 spiro atoms. The van der Waals surface area contributed by atoms with E-state index in [0.29, 0.717) is 18.7 Å². The number of anilines is 3. The van der Waals surface area contributed by atoms with Gasteiger partial charge in [-0.25, -0.2) is 0 Å². The molecule has 1 saturated heterocycles. The van der Waals surface area contributed by atoms with Crippen molar-refractivity contribution in [1.82, 2.24) is 9.88 Å². The molecule has 1 aliphatic rings. The smallest absolute Gasteiger partial charge is 0.255 e. The molecule has 1 amide bonds. The summed E-state index contributed by atoms with van der Waals surface area (Å²) in [5.41, 5.74) is 3.81. The number of piperazine rings is 1. The molecule has 1 aromatic heterocycles. The van der Waals surface area contributed by atoms with Gasteiger partial charge in [-0.3, -0.25) is 9.78 Å². The molecule has 0 unspecified atom stereocenters. The van der Waals surface area contributed by atoms with Gasteiger partial charge in [0, 0.05) is 50.8 Å². The highest BCUT2D eigenvalue weighted by Gasteiger charge is 2.23. The third-order valence-corrected chi connectivity index (χ3v) is 5.19. The number of aromatic nitrogens is 1. The normalized spacial score (nSPS) is 14.0. The Morgan fingerprint density at radius 3 is 2.18 bits per heavy atom. The van der Waals surface area contributed by atoms with Gasteiger partial charge in [-0.05, 0) is 30.3 Å². The summed E-state index contributed by atoms with van der Waals surface area (Å²) in [6.07, 6.45) is 3.45. The van der Waals surface area contributed by atoms with E-state index in [1.54, 1.807) is 12.4 Å². The zero-order valence-electron chi connectivity index (χ0n) is 16.0. The number of nitrogens with zero attached hydrogens (tertiary/aromatic N) is 4. The fourth-order valence-electron chi connectivity index (χ4n) is 3.52. The Labute approximate surface area is 165 Å². The summed E-state index contributed by atoms with van der Waals surface area (Å²) >= 11 is 0. The van der Waals surface area contributed by atoms with E-state index in [0.717, 1.165) is 24.5 Å². The lowest BCUT2D eigenvalue weighted by Gasteiger charge is -2.36. The van der Waals surface area contributed by atoms with Crippen molar-refractivity contribution in [3.63, 3.8) is 0 Å². The van der Waals surface area contributed by atoms with Gasteiger partial charge >= 0.3 is 0 Å². The molecule has 28 heavy (non-hydrogen) atoms. The number of benzene rings is 2. The standard InChI is InChI=1S/C23H24N4O/c1-25(20-8-4-2-5-9-20)22-16-19(17-24-18-22)23(28)27-14-12-26(13-15-27)21-10-6-3-7-11-21/h2-11,16-18H,12-15H2,1H3. The highest BCUT2D eigenvalue weighted by atomic mass is 16.2. The van der Waals surface area contributed by atoms with Crippen LogP contribution in [0.4, 0.5) is 17.1 Å². The molecule has 0 atom stereocenters. The minimum Gasteiger partial charge on any atom is -0.368 e. The van der Waals surface area contributed by atoms with Gasteiger partial charge in [-0.1, -0.05) is 36.4 Å². The molecule has 5 heteroatoms. The van der Waals surface area contributed by atoms with E-state index in [1.807, 2.05) is 71.4 Å². The molecular formula is C23H24N4O. The molecule has 0 saturated carbocycles. The van der Waals surface area contributed by atoms with E-state index in [-0.39, 0.29) is 5.91 Å². The Kier molecular flexibility index (Phi) is 5.24. The third-order valence-electron chi connectivity index (χ3n) is 5.19. The average Bonchev–Trinajstić information content (AvgIpc) is 2.79. The number of hydrogen-bond acceptors (Lipinski definition) is 4. The second-order valence-corrected chi connectivity index (χ2v) is 6.94. The van der Waals surface area contributed by atoms with E-state index < -0.39 is 0 Å². The zero-order valence-corrected chi connectivity index (χ0v) is 16.0. The summed E-state index contributed by atoms with van der Waals surface area (Å²) in [7, 11) is 1.99. The minimum atomic E-state index is 0.0449. The summed E-state index contributed by atoms with van der Waals surface area (Å²) in [6.45, 7) is 3.11. The van der Waals surface area contributed by atoms with E-state index in [1.165, 1.54) is 5.69 Å². The van der Waals surface area contributed by atoms with Gasteiger partial charge in [-0.15, -0.1) is 0 Å². The van der Waals surface area contributed by atoms with Crippen molar-refractivity contribution in [1.29, 1.82) is 0 Å². The molecule has 2 aromatic carbocycles. The Morgan fingerprint density at radius 1 is 0.857 bits per heavy atom. The highest BCUT2D eigenvalue weighted by molar-refractivity contribution is 5.95. The van der Waals surface area contributed by atoms with Gasteiger partial charge in [0.05, 0.1) is 17.4 Å². The molecule has 0 radical (unpaired) electrons. The van der Waals surface area contributed by atoms with Crippen molar-refractivity contribution in [2.75, 3.05) is 43.0 Å². The molecule has 2 heterocycles. The van der Waals surface area contributed by atoms with Crippen LogP contribution < -0.4 is 9.80 Å². The van der Waals surface area contributed by atoms with Gasteiger partial charge in [0.15, 0.2) is 0 Å². The molecule has 0 aliphatic carbocycles. The van der Waals surface area contributed by atoms with E-state index in [9.17, 15) is 4.79 Å². The quantitative estimate of drug-likeness (QED) is 0.698. The number of amides is 1. The van der Waals surface area contributed by atoms with Crippen molar-refractivity contribution >= 4 is 23.0 Å². The number of hydrogen-bond donors (Lipinski definition) is 0. The number of rotatable bonds is 4. The minimum absolute atomic E-state index is 0.0449. The maximum atomic E-state index is 13.0. The SMILES string of the molecule is CN(c1ccccc1)c1cncc(C(=O)N2CCN(c3ccccc3)CC2)c1. The first-order valence-electron chi connectivity index (χ1n) is 9.55. The first kappa shape index (κ1) is 18.0. The summed E-state index contributed by atoms with van der Waals surface area (Å²) < 4.78 is 0. The average molecular weight is 372 g/mol. The van der Waals surface area contributed by atoms with Crippen molar-refractivity contribution in [2.24, 2.45) is 0 Å². The fourth-order valence-corrected chi connectivity index (χ4v) is 3.52. The predicted molar refractivity (Wildman–Crippen MR) is 113 cm³/mol. The van der Waals surface area contributed by atoms with Crippen LogP contribution in [0.15, 0.2) is 79.1 Å². The van der Waals surface area contributed by atoms with Crippen LogP contribution in [-0.4, -0.2) is 49.0 Å². The molecule has 4 rings (SSSR count). The van der Waals surface area contributed by atoms with E-state index in [4.69, 9.17) is 0 Å². The number of para-hydroxylation sites is 2. The maximum Gasteiger partial charge on any atom is 0.255 e. The van der Waals surface area contributed by atoms with Gasteiger partial charge in [-0.2, -0.15) is 0 Å². The molecular weight excluding hydrogens is 348 g/mol. The third kappa shape index (κ3) is 3.83. The lowest BCUT2D eigenvalue weighted by molar-refractivity contribution is 0.0746. The van der Waals surface area contributed by atoms with Gasteiger partial charge in [0.25, 0.3) is 5.91 Å². The summed E-state index contributed by atoms with van der Waals surface area (Å²) in [4.78, 5) is 23.6. The van der Waals surface area contributed by atoms with Crippen LogP contribution in [0.1, 0.15) is 10.4 Å². The van der Waals surface area contributed by atoms with Crippen molar-refractivity contribution in [3.05, 3.63) is 84.7 Å². The zero-order chi connectivity index (χ0) is 19.3. The Bertz CT molecular complexity index is 922. The number of pyridine rings is 1. The molecule has 5 nitrogen and oxygen atoms in total. The van der Waals surface area contributed by atoms with Crippen LogP contribution in [0.2, 0.25) is 0 Å². The van der Waals surface area contributed by atoms with E-state index >= 15 is 0 Å². The van der Waals surface area contributed by atoms with Crippen LogP contribution in [0.3, 0.4) is 0 Å². The topological polar surface area (TPSA) is 39.7 Å². The molecule has 1 aliphatic heterocycles. The molecule has 3 aromatic rings. The first-order valence-corrected chi connectivity index (χ1v) is 9.55. The molecule has 0 N–H and O–H groups in total. The second-order valence-electron chi connectivity index (χ2n) is 6.94. The number of carbonyl (C=O) groups excluding carboxylic acids is 1. The fraction of sp³-hybridized carbons (Fsp3) is 0.217. The van der Waals surface area contributed by atoms with Crippen LogP contribution in [-0.2, 0) is 0 Å². The second kappa shape index (κ2) is 8.13. The summed E-state index contributed by atoms with van der Waals surface area (Å²) in [5, 5.41) is 0. The Balaban J connectivity index is 1.44. The molecule has 1 fully saturated rings. The van der Waals surface area contributed by atoms with Gasteiger partial charge in [0.1, 0.15) is 0 Å². The number of carbonyl (C=O) groups is 1. The van der Waals surface area contributed by atoms with Crippen LogP contribution >= 0.6 is 0 Å². The summed E-state index contributed by atoms with van der Waals surface area (Å²) in [6, 6.07) is 22.3. The summed E-state index contributed by atoms with van der Waals surface area (Å²) in [5.74, 6) is 0.0449.